The minimum atomic E-state index is -2.19. The Labute approximate surface area is 274 Å². The molecule has 6 rings (SSSR count). The lowest BCUT2D eigenvalue weighted by atomic mass is 9.65. The average Bonchev–Trinajstić information content (AvgIpc) is 3.80. The van der Waals surface area contributed by atoms with Gasteiger partial charge in [-0.2, -0.15) is 0 Å². The molecule has 1 saturated carbocycles. The van der Waals surface area contributed by atoms with E-state index in [-0.39, 0.29) is 36.2 Å². The topological polar surface area (TPSA) is 152 Å². The number of nitrogen functional groups attached to an aromatic ring is 1. The fourth-order valence-corrected chi connectivity index (χ4v) is 7.68. The molecule has 246 valence electrons. The SMILES string of the molecule is CC(CC1(c2ccnc(N)c2)CCCCC1)=C(CO)CC12OC1(C(=O)OCC(O)CCc1ccccc1)C(=O)c1ccccc1C2=O. The molecule has 0 bridgehead atoms. The minimum Gasteiger partial charge on any atom is -0.460 e. The van der Waals surface area contributed by atoms with E-state index in [1.165, 1.54) is 6.07 Å². The molecule has 9 heteroatoms. The summed E-state index contributed by atoms with van der Waals surface area (Å²) in [6, 6.07) is 19.9. The number of hydrogen-bond acceptors (Lipinski definition) is 9. The van der Waals surface area contributed by atoms with E-state index in [1.54, 1.807) is 24.4 Å². The van der Waals surface area contributed by atoms with Crippen LogP contribution in [0.15, 0.2) is 84.1 Å². The van der Waals surface area contributed by atoms with Gasteiger partial charge in [0.1, 0.15) is 12.4 Å². The molecule has 0 radical (unpaired) electrons. The van der Waals surface area contributed by atoms with E-state index in [4.69, 9.17) is 15.2 Å². The number of nitrogens with two attached hydrogens (primary N) is 1. The Kier molecular flexibility index (Phi) is 9.16. The van der Waals surface area contributed by atoms with Crippen LogP contribution in [0, 0.1) is 0 Å². The predicted molar refractivity (Wildman–Crippen MR) is 176 cm³/mol. The van der Waals surface area contributed by atoms with Crippen LogP contribution in [-0.2, 0) is 26.1 Å². The normalized spacial score (nSPS) is 24.1. The number of carbonyl (C=O) groups is 3. The van der Waals surface area contributed by atoms with Gasteiger partial charge in [0.15, 0.2) is 11.4 Å². The van der Waals surface area contributed by atoms with Gasteiger partial charge in [0.25, 0.3) is 5.60 Å². The second-order valence-electron chi connectivity index (χ2n) is 13.3. The van der Waals surface area contributed by atoms with Gasteiger partial charge in [-0.3, -0.25) is 9.59 Å². The van der Waals surface area contributed by atoms with E-state index in [9.17, 15) is 24.6 Å². The number of fused-ring (bicyclic) bond motifs is 2. The van der Waals surface area contributed by atoms with Crippen LogP contribution in [-0.4, -0.2) is 63.3 Å². The summed E-state index contributed by atoms with van der Waals surface area (Å²) >= 11 is 0. The summed E-state index contributed by atoms with van der Waals surface area (Å²) in [7, 11) is 0. The van der Waals surface area contributed by atoms with Gasteiger partial charge >= 0.3 is 5.97 Å². The van der Waals surface area contributed by atoms with Crippen LogP contribution in [0.1, 0.15) is 90.1 Å². The van der Waals surface area contributed by atoms with Gasteiger partial charge < -0.3 is 25.4 Å². The van der Waals surface area contributed by atoms with Gasteiger partial charge in [0, 0.05) is 23.7 Å². The minimum absolute atomic E-state index is 0.0925. The number of rotatable bonds is 12. The quantitative estimate of drug-likeness (QED) is 0.107. The number of esters is 1. The highest BCUT2D eigenvalue weighted by molar-refractivity contribution is 6.32. The Bertz CT molecular complexity index is 1700. The highest BCUT2D eigenvalue weighted by Crippen LogP contribution is 2.59. The van der Waals surface area contributed by atoms with E-state index in [1.807, 2.05) is 49.4 Å². The molecule has 0 amide bonds. The second kappa shape index (κ2) is 13.1. The van der Waals surface area contributed by atoms with Crippen LogP contribution in [0.25, 0.3) is 0 Å². The molecule has 0 spiro atoms. The lowest BCUT2D eigenvalue weighted by Gasteiger charge is -2.39. The van der Waals surface area contributed by atoms with Gasteiger partial charge in [-0.05, 0) is 73.3 Å². The molecule has 3 aliphatic rings. The lowest BCUT2D eigenvalue weighted by molar-refractivity contribution is -0.151. The first-order chi connectivity index (χ1) is 22.7. The number of ketones is 2. The standard InChI is InChI=1S/C38H42N2O7/c1-25(21-36(17-8-3-9-18-36)28-16-19-40-32(39)20-28)27(23-41)22-37-33(43)30-12-6-7-13-31(30)34(44)38(37,47-37)35(45)46-24-29(42)15-14-26-10-4-2-5-11-26/h2,4-7,10-13,16,19-20,29,41-42H,3,8-9,14-15,17-18,21-24H2,1H3,(H2,39,40). The van der Waals surface area contributed by atoms with Crippen molar-refractivity contribution in [2.75, 3.05) is 18.9 Å². The highest BCUT2D eigenvalue weighted by Gasteiger charge is 2.85. The summed E-state index contributed by atoms with van der Waals surface area (Å²) in [6.07, 6.45) is 7.21. The molecule has 2 aliphatic carbocycles. The number of aromatic nitrogens is 1. The van der Waals surface area contributed by atoms with Crippen LogP contribution in [0.5, 0.6) is 0 Å². The van der Waals surface area contributed by atoms with Crippen molar-refractivity contribution >= 4 is 23.4 Å². The highest BCUT2D eigenvalue weighted by atomic mass is 16.7. The molecule has 47 heavy (non-hydrogen) atoms. The molecule has 3 atom stereocenters. The first kappa shape index (κ1) is 32.7. The number of aryl methyl sites for hydroxylation is 1. The number of aliphatic hydroxyl groups is 2. The Balaban J connectivity index is 1.28. The Hall–Kier alpha value is -4.18. The van der Waals surface area contributed by atoms with E-state index >= 15 is 0 Å². The molecular weight excluding hydrogens is 596 g/mol. The molecular formula is C38H42N2O7. The number of benzene rings is 2. The molecule has 1 saturated heterocycles. The molecule has 3 aromatic rings. The average molecular weight is 639 g/mol. The summed E-state index contributed by atoms with van der Waals surface area (Å²) in [5.74, 6) is -1.71. The number of nitrogens with zero attached hydrogens (tertiary/aromatic N) is 1. The summed E-state index contributed by atoms with van der Waals surface area (Å²) in [5, 5.41) is 21.3. The monoisotopic (exact) mass is 638 g/mol. The van der Waals surface area contributed by atoms with Gasteiger partial charge in [0.05, 0.1) is 12.7 Å². The van der Waals surface area contributed by atoms with Crippen molar-refractivity contribution in [1.29, 1.82) is 0 Å². The number of ether oxygens (including phenoxy) is 2. The number of anilines is 1. The largest absolute Gasteiger partial charge is 0.460 e. The van der Waals surface area contributed by atoms with E-state index < -0.39 is 34.8 Å². The molecule has 4 N–H and O–H groups in total. The van der Waals surface area contributed by atoms with E-state index in [0.717, 1.165) is 48.8 Å². The van der Waals surface area contributed by atoms with Crippen LogP contribution in [0.2, 0.25) is 0 Å². The van der Waals surface area contributed by atoms with Crippen molar-refractivity contribution in [3.63, 3.8) is 0 Å². The maximum atomic E-state index is 14.2. The molecule has 3 unspecified atom stereocenters. The van der Waals surface area contributed by atoms with Crippen LogP contribution < -0.4 is 5.73 Å². The zero-order chi connectivity index (χ0) is 33.2. The third kappa shape index (κ3) is 5.92. The number of epoxide rings is 1. The van der Waals surface area contributed by atoms with Gasteiger partial charge in [-0.1, -0.05) is 79.4 Å². The number of allylic oxidation sites excluding steroid dienone is 1. The van der Waals surface area contributed by atoms with Crippen LogP contribution in [0.4, 0.5) is 5.82 Å². The number of Topliss-reactive ketones (excluding diaryl/α,β-unsaturated/α-hetero) is 2. The molecule has 2 fully saturated rings. The van der Waals surface area contributed by atoms with Crippen molar-refractivity contribution in [2.24, 2.45) is 0 Å². The van der Waals surface area contributed by atoms with Crippen molar-refractivity contribution < 1.29 is 34.1 Å². The number of pyridine rings is 1. The number of hydrogen-bond donors (Lipinski definition) is 3. The summed E-state index contributed by atoms with van der Waals surface area (Å²) in [6.45, 7) is 1.20. The number of aliphatic hydroxyl groups excluding tert-OH is 2. The summed E-state index contributed by atoms with van der Waals surface area (Å²) in [4.78, 5) is 46.2. The van der Waals surface area contributed by atoms with Gasteiger partial charge in [-0.25, -0.2) is 9.78 Å². The maximum Gasteiger partial charge on any atom is 0.350 e. The Morgan fingerprint density at radius 1 is 0.979 bits per heavy atom. The molecule has 9 nitrogen and oxygen atoms in total. The van der Waals surface area contributed by atoms with E-state index in [0.29, 0.717) is 30.7 Å². The zero-order valence-corrected chi connectivity index (χ0v) is 26.7. The van der Waals surface area contributed by atoms with Crippen LogP contribution in [0.3, 0.4) is 0 Å². The van der Waals surface area contributed by atoms with E-state index in [2.05, 4.69) is 4.98 Å². The third-order valence-electron chi connectivity index (χ3n) is 10.3. The second-order valence-corrected chi connectivity index (χ2v) is 13.3. The van der Waals surface area contributed by atoms with Gasteiger partial charge in [0.2, 0.25) is 5.78 Å². The van der Waals surface area contributed by atoms with Crippen LogP contribution >= 0.6 is 0 Å². The Morgan fingerprint density at radius 3 is 2.34 bits per heavy atom. The first-order valence-corrected chi connectivity index (χ1v) is 16.4. The molecule has 1 aliphatic heterocycles. The lowest BCUT2D eigenvalue weighted by Crippen LogP contribution is -2.51. The summed E-state index contributed by atoms with van der Waals surface area (Å²) < 4.78 is 11.6. The van der Waals surface area contributed by atoms with Crippen molar-refractivity contribution in [3.05, 3.63) is 106 Å². The smallest absolute Gasteiger partial charge is 0.350 e. The predicted octanol–water partition coefficient (Wildman–Crippen LogP) is 5.08. The Morgan fingerprint density at radius 2 is 1.66 bits per heavy atom. The zero-order valence-electron chi connectivity index (χ0n) is 26.7. The molecule has 2 aromatic carbocycles. The summed E-state index contributed by atoms with van der Waals surface area (Å²) in [5.41, 5.74) is 5.59. The fraction of sp³-hybridized carbons (Fsp3) is 0.421. The fourth-order valence-electron chi connectivity index (χ4n) is 7.68. The van der Waals surface area contributed by atoms with Crippen molar-refractivity contribution in [2.45, 2.75) is 87.4 Å². The van der Waals surface area contributed by atoms with Gasteiger partial charge in [-0.15, -0.1) is 0 Å². The molecule has 2 heterocycles. The maximum absolute atomic E-state index is 14.2. The van der Waals surface area contributed by atoms with Crippen molar-refractivity contribution in [3.8, 4) is 0 Å². The van der Waals surface area contributed by atoms with Crippen molar-refractivity contribution in [1.82, 2.24) is 4.98 Å². The number of carbonyl (C=O) groups excluding carboxylic acids is 3. The molecule has 1 aromatic heterocycles. The third-order valence-corrected chi connectivity index (χ3v) is 10.3. The first-order valence-electron chi connectivity index (χ1n) is 16.4.